The molecule has 1 aliphatic rings. The first-order valence-corrected chi connectivity index (χ1v) is 11.3. The van der Waals surface area contributed by atoms with Gasteiger partial charge >= 0.3 is 5.97 Å². The maximum absolute atomic E-state index is 12.6. The van der Waals surface area contributed by atoms with E-state index in [1.165, 1.54) is 24.3 Å². The predicted octanol–water partition coefficient (Wildman–Crippen LogP) is 1.40. The van der Waals surface area contributed by atoms with Crippen LogP contribution >= 0.6 is 0 Å². The Morgan fingerprint density at radius 3 is 2.42 bits per heavy atom. The van der Waals surface area contributed by atoms with Gasteiger partial charge in [0.2, 0.25) is 6.29 Å². The molecule has 0 aliphatic carbocycles. The molecule has 5 N–H and O–H groups in total. The van der Waals surface area contributed by atoms with Crippen LogP contribution in [-0.2, 0) is 14.3 Å². The average molecular weight is 502 g/mol. The molecule has 0 spiro atoms. The van der Waals surface area contributed by atoms with Crippen molar-refractivity contribution in [1.82, 2.24) is 0 Å². The Morgan fingerprint density at radius 2 is 1.72 bits per heavy atom. The number of hydrogen-bond donors (Lipinski definition) is 5. The van der Waals surface area contributed by atoms with Crippen molar-refractivity contribution in [2.75, 3.05) is 6.61 Å². The lowest BCUT2D eigenvalue weighted by molar-refractivity contribution is -0.278. The first kappa shape index (κ1) is 25.5. The highest BCUT2D eigenvalue weighted by atomic mass is 16.7. The highest BCUT2D eigenvalue weighted by molar-refractivity contribution is 5.86. The van der Waals surface area contributed by atoms with Gasteiger partial charge in [-0.25, -0.2) is 0 Å². The van der Waals surface area contributed by atoms with Gasteiger partial charge in [-0.2, -0.15) is 0 Å². The minimum Gasteiger partial charge on any atom is -0.508 e. The molecule has 1 saturated heterocycles. The van der Waals surface area contributed by atoms with E-state index in [9.17, 15) is 35.1 Å². The first-order valence-electron chi connectivity index (χ1n) is 11.3. The number of phenols is 2. The number of benzene rings is 2. The molecule has 11 nitrogen and oxygen atoms in total. The van der Waals surface area contributed by atoms with E-state index >= 15 is 0 Å². The summed E-state index contributed by atoms with van der Waals surface area (Å²) in [6.45, 7) is 1.42. The fourth-order valence-electron chi connectivity index (χ4n) is 3.82. The molecule has 4 rings (SSSR count). The van der Waals surface area contributed by atoms with Crippen LogP contribution in [0.25, 0.3) is 22.3 Å². The Labute approximate surface area is 204 Å². The Morgan fingerprint density at radius 1 is 1.00 bits per heavy atom. The molecule has 3 aromatic rings. The Balaban J connectivity index is 1.60. The fraction of sp³-hybridized carbons (Fsp3) is 0.360. The smallest absolute Gasteiger partial charge is 0.305 e. The summed E-state index contributed by atoms with van der Waals surface area (Å²) in [6, 6.07) is 9.55. The number of hydrogen-bond acceptors (Lipinski definition) is 11. The number of ether oxygens (including phenoxy) is 3. The van der Waals surface area contributed by atoms with Crippen LogP contribution in [0.2, 0.25) is 0 Å². The van der Waals surface area contributed by atoms with Gasteiger partial charge in [-0.3, -0.25) is 9.59 Å². The molecule has 0 bridgehead atoms. The van der Waals surface area contributed by atoms with E-state index < -0.39 is 47.9 Å². The summed E-state index contributed by atoms with van der Waals surface area (Å²) in [5.41, 5.74) is -0.0532. The zero-order valence-electron chi connectivity index (χ0n) is 19.2. The number of rotatable bonds is 7. The van der Waals surface area contributed by atoms with Gasteiger partial charge in [0.1, 0.15) is 65.0 Å². The second-order valence-electron chi connectivity index (χ2n) is 8.40. The van der Waals surface area contributed by atoms with Crippen molar-refractivity contribution in [2.24, 2.45) is 0 Å². The highest BCUT2D eigenvalue weighted by Gasteiger charge is 2.45. The van der Waals surface area contributed by atoms with Gasteiger partial charge in [0.05, 0.1) is 0 Å². The van der Waals surface area contributed by atoms with Gasteiger partial charge in [0.15, 0.2) is 5.43 Å². The van der Waals surface area contributed by atoms with Gasteiger partial charge in [0, 0.05) is 30.2 Å². The molecular formula is C25H26O11. The van der Waals surface area contributed by atoms with Gasteiger partial charge in [-0.1, -0.05) is 6.92 Å². The van der Waals surface area contributed by atoms with Crippen LogP contribution in [0.4, 0.5) is 0 Å². The normalized spacial score (nSPS) is 23.9. The first-order chi connectivity index (χ1) is 17.2. The molecule has 192 valence electrons. The lowest BCUT2D eigenvalue weighted by Gasteiger charge is -2.39. The third kappa shape index (κ3) is 5.29. The summed E-state index contributed by atoms with van der Waals surface area (Å²) < 4.78 is 22.0. The number of aromatic hydroxyl groups is 2. The second-order valence-corrected chi connectivity index (χ2v) is 8.40. The van der Waals surface area contributed by atoms with E-state index in [0.717, 1.165) is 6.07 Å². The van der Waals surface area contributed by atoms with E-state index in [1.54, 1.807) is 19.1 Å². The summed E-state index contributed by atoms with van der Waals surface area (Å²) in [4.78, 5) is 24.3. The van der Waals surface area contributed by atoms with E-state index in [1.807, 2.05) is 0 Å². The predicted molar refractivity (Wildman–Crippen MR) is 124 cm³/mol. The SMILES string of the molecule is CCCC(=O)OCC1OC(Oc2cc(O)c3c(=O)cc(-c4ccc(O)cc4)oc3c2)C(O)C(O)C1O. The van der Waals surface area contributed by atoms with Gasteiger partial charge < -0.3 is 44.2 Å². The number of fused-ring (bicyclic) bond motifs is 1. The molecule has 11 heteroatoms. The monoisotopic (exact) mass is 502 g/mol. The maximum atomic E-state index is 12.6. The summed E-state index contributed by atoms with van der Waals surface area (Å²) >= 11 is 0. The third-order valence-corrected chi connectivity index (χ3v) is 5.72. The molecule has 5 unspecified atom stereocenters. The minimum atomic E-state index is -1.68. The minimum absolute atomic E-state index is 0.0310. The van der Waals surface area contributed by atoms with E-state index in [2.05, 4.69) is 0 Å². The molecular weight excluding hydrogens is 476 g/mol. The summed E-state index contributed by atoms with van der Waals surface area (Å²) in [5, 5.41) is 50.7. The number of carbonyl (C=O) groups is 1. The van der Waals surface area contributed by atoms with Gasteiger partial charge in [0.25, 0.3) is 0 Å². The molecule has 1 fully saturated rings. The van der Waals surface area contributed by atoms with Crippen molar-refractivity contribution in [1.29, 1.82) is 0 Å². The zero-order valence-corrected chi connectivity index (χ0v) is 19.2. The molecule has 1 aromatic heterocycles. The van der Waals surface area contributed by atoms with E-state index in [0.29, 0.717) is 12.0 Å². The van der Waals surface area contributed by atoms with Crippen LogP contribution in [0, 0.1) is 0 Å². The lowest BCUT2D eigenvalue weighted by atomic mass is 9.99. The zero-order chi connectivity index (χ0) is 26.0. The number of esters is 1. The molecule has 5 atom stereocenters. The van der Waals surface area contributed by atoms with Crippen LogP contribution in [0.15, 0.2) is 51.7 Å². The van der Waals surface area contributed by atoms with Crippen molar-refractivity contribution in [3.8, 4) is 28.6 Å². The largest absolute Gasteiger partial charge is 0.508 e. The number of carbonyl (C=O) groups excluding carboxylic acids is 1. The summed E-state index contributed by atoms with van der Waals surface area (Å²) in [5.74, 6) is -0.826. The third-order valence-electron chi connectivity index (χ3n) is 5.72. The quantitative estimate of drug-likeness (QED) is 0.295. The van der Waals surface area contributed by atoms with Crippen LogP contribution in [0.3, 0.4) is 0 Å². The van der Waals surface area contributed by atoms with Crippen molar-refractivity contribution in [3.05, 3.63) is 52.7 Å². The van der Waals surface area contributed by atoms with Crippen LogP contribution < -0.4 is 10.2 Å². The molecule has 2 aromatic carbocycles. The number of phenolic OH excluding ortho intramolecular Hbond substituents is 2. The number of aliphatic hydroxyl groups excluding tert-OH is 3. The van der Waals surface area contributed by atoms with Crippen LogP contribution in [0.1, 0.15) is 19.8 Å². The lowest BCUT2D eigenvalue weighted by Crippen LogP contribution is -2.60. The van der Waals surface area contributed by atoms with E-state index in [4.69, 9.17) is 18.6 Å². The van der Waals surface area contributed by atoms with Crippen molar-refractivity contribution in [3.63, 3.8) is 0 Å². The standard InChI is InChI=1S/C25H26O11/c1-2-3-20(29)33-11-19-22(30)23(31)24(32)25(36-19)34-14-8-15(27)21-16(28)10-17(35-18(21)9-14)12-4-6-13(26)7-5-12/h4-10,19,22-27,30-32H,2-3,11H2,1H3. The van der Waals surface area contributed by atoms with Gasteiger partial charge in [-0.15, -0.1) is 0 Å². The Kier molecular flexibility index (Phi) is 7.45. The maximum Gasteiger partial charge on any atom is 0.305 e. The average Bonchev–Trinajstić information content (AvgIpc) is 2.83. The summed E-state index contributed by atoms with van der Waals surface area (Å²) in [6.07, 6.45) is -6.88. The Bertz CT molecular complexity index is 1280. The molecule has 0 amide bonds. The van der Waals surface area contributed by atoms with E-state index in [-0.39, 0.29) is 41.3 Å². The van der Waals surface area contributed by atoms with Crippen molar-refractivity contribution in [2.45, 2.75) is 50.5 Å². The molecule has 0 radical (unpaired) electrons. The Hall–Kier alpha value is -3.64. The van der Waals surface area contributed by atoms with Crippen molar-refractivity contribution >= 4 is 16.9 Å². The number of aliphatic hydroxyl groups is 3. The van der Waals surface area contributed by atoms with Crippen LogP contribution in [-0.4, -0.2) is 68.8 Å². The van der Waals surface area contributed by atoms with Gasteiger partial charge in [-0.05, 0) is 30.7 Å². The molecule has 36 heavy (non-hydrogen) atoms. The molecule has 2 heterocycles. The van der Waals surface area contributed by atoms with Crippen molar-refractivity contribution < 1.29 is 49.0 Å². The van der Waals surface area contributed by atoms with Crippen LogP contribution in [0.5, 0.6) is 17.2 Å². The second kappa shape index (κ2) is 10.5. The molecule has 1 aliphatic heterocycles. The summed E-state index contributed by atoms with van der Waals surface area (Å²) in [7, 11) is 0. The fourth-order valence-corrected chi connectivity index (χ4v) is 3.82. The molecule has 0 saturated carbocycles. The topological polar surface area (TPSA) is 176 Å². The highest BCUT2D eigenvalue weighted by Crippen LogP contribution is 2.33.